The quantitative estimate of drug-likeness (QED) is 0.239. The van der Waals surface area contributed by atoms with Gasteiger partial charge < -0.3 is 19.8 Å². The van der Waals surface area contributed by atoms with Gasteiger partial charge in [-0.25, -0.2) is 8.42 Å². The molecule has 0 amide bonds. The molecule has 1 aliphatic rings. The first-order valence-electron chi connectivity index (χ1n) is 8.44. The van der Waals surface area contributed by atoms with Gasteiger partial charge in [0, 0.05) is 38.8 Å². The number of sulfone groups is 1. The van der Waals surface area contributed by atoms with E-state index in [9.17, 15) is 8.42 Å². The Balaban J connectivity index is 0.00000312. The molecular weight excluding hydrogens is 457 g/mol. The Kier molecular flexibility index (Phi) is 10.4. The number of halogens is 1. The number of hydrogen-bond donors (Lipinski definition) is 2. The van der Waals surface area contributed by atoms with Gasteiger partial charge >= 0.3 is 0 Å². The minimum atomic E-state index is -2.91. The van der Waals surface area contributed by atoms with Crippen LogP contribution < -0.4 is 10.6 Å². The highest BCUT2D eigenvalue weighted by molar-refractivity contribution is 14.0. The lowest BCUT2D eigenvalue weighted by molar-refractivity contribution is 0.146. The van der Waals surface area contributed by atoms with Crippen LogP contribution in [0.1, 0.15) is 25.5 Å². The molecule has 144 valence electrons. The van der Waals surface area contributed by atoms with Crippen LogP contribution in [0.3, 0.4) is 0 Å². The van der Waals surface area contributed by atoms with Gasteiger partial charge in [-0.1, -0.05) is 0 Å². The molecule has 0 bridgehead atoms. The van der Waals surface area contributed by atoms with Crippen LogP contribution in [0.15, 0.2) is 27.8 Å². The number of nitrogens with zero attached hydrogens (tertiary/aromatic N) is 1. The first kappa shape index (κ1) is 22.2. The molecule has 1 aliphatic heterocycles. The number of nitrogens with one attached hydrogen (secondary N) is 2. The van der Waals surface area contributed by atoms with Gasteiger partial charge in [0.1, 0.15) is 5.76 Å². The lowest BCUT2D eigenvalue weighted by Crippen LogP contribution is -2.44. The zero-order valence-electron chi connectivity index (χ0n) is 14.6. The number of ether oxygens (including phenoxy) is 1. The lowest BCUT2D eigenvalue weighted by Gasteiger charge is -2.16. The summed E-state index contributed by atoms with van der Waals surface area (Å²) in [5.41, 5.74) is 0. The smallest absolute Gasteiger partial charge is 0.191 e. The Morgan fingerprint density at radius 1 is 1.48 bits per heavy atom. The fourth-order valence-electron chi connectivity index (χ4n) is 2.52. The van der Waals surface area contributed by atoms with E-state index in [2.05, 4.69) is 15.6 Å². The van der Waals surface area contributed by atoms with Crippen LogP contribution in [0.25, 0.3) is 0 Å². The molecule has 2 heterocycles. The summed E-state index contributed by atoms with van der Waals surface area (Å²) in [7, 11) is -2.91. The van der Waals surface area contributed by atoms with Crippen LogP contribution in [0.4, 0.5) is 0 Å². The second-order valence-electron chi connectivity index (χ2n) is 5.78. The molecule has 1 saturated heterocycles. The maximum atomic E-state index is 11.6. The molecule has 1 atom stereocenters. The summed E-state index contributed by atoms with van der Waals surface area (Å²) in [6.45, 7) is 4.65. The summed E-state index contributed by atoms with van der Waals surface area (Å²) >= 11 is 0. The first-order valence-corrected chi connectivity index (χ1v) is 10.3. The van der Waals surface area contributed by atoms with Crippen molar-refractivity contribution in [1.29, 1.82) is 0 Å². The van der Waals surface area contributed by atoms with Crippen molar-refractivity contribution in [3.05, 3.63) is 24.2 Å². The average molecular weight is 485 g/mol. The molecule has 1 aromatic rings. The third-order valence-corrected chi connectivity index (χ3v) is 5.51. The fraction of sp³-hybridized carbons (Fsp3) is 0.688. The van der Waals surface area contributed by atoms with Gasteiger partial charge in [-0.3, -0.25) is 4.99 Å². The van der Waals surface area contributed by atoms with E-state index in [0.717, 1.165) is 18.6 Å². The molecule has 2 N–H and O–H groups in total. The van der Waals surface area contributed by atoms with E-state index in [1.807, 2.05) is 19.1 Å². The van der Waals surface area contributed by atoms with Gasteiger partial charge in [0.25, 0.3) is 0 Å². The van der Waals surface area contributed by atoms with E-state index in [-0.39, 0.29) is 41.5 Å². The maximum absolute atomic E-state index is 11.6. The molecule has 7 nitrogen and oxygen atoms in total. The van der Waals surface area contributed by atoms with Crippen molar-refractivity contribution < 1.29 is 17.6 Å². The van der Waals surface area contributed by atoms with Crippen LogP contribution in [0.2, 0.25) is 0 Å². The Morgan fingerprint density at radius 2 is 2.32 bits per heavy atom. The maximum Gasteiger partial charge on any atom is 0.191 e. The van der Waals surface area contributed by atoms with Crippen molar-refractivity contribution in [2.24, 2.45) is 4.99 Å². The molecule has 0 saturated carbocycles. The van der Waals surface area contributed by atoms with E-state index in [0.29, 0.717) is 38.7 Å². The third-order valence-electron chi connectivity index (χ3n) is 3.74. The Labute approximate surface area is 166 Å². The Hall–Kier alpha value is -0.810. The Bertz CT molecular complexity index is 605. The molecule has 1 unspecified atom stereocenters. The second kappa shape index (κ2) is 11.7. The molecule has 0 aliphatic carbocycles. The van der Waals surface area contributed by atoms with Crippen molar-refractivity contribution in [2.45, 2.75) is 32.2 Å². The zero-order chi connectivity index (χ0) is 17.3. The predicted molar refractivity (Wildman–Crippen MR) is 109 cm³/mol. The third kappa shape index (κ3) is 8.91. The highest BCUT2D eigenvalue weighted by atomic mass is 127. The number of aliphatic imine (C=N–C) groups is 1. The van der Waals surface area contributed by atoms with Gasteiger partial charge in [0.2, 0.25) is 0 Å². The van der Waals surface area contributed by atoms with Gasteiger partial charge in [0.05, 0.1) is 17.8 Å². The lowest BCUT2D eigenvalue weighted by atomic mass is 10.3. The predicted octanol–water partition coefficient (Wildman–Crippen LogP) is 1.59. The summed E-state index contributed by atoms with van der Waals surface area (Å²) in [6, 6.07) is 3.72. The highest BCUT2D eigenvalue weighted by Crippen LogP contribution is 2.11. The first-order chi connectivity index (χ1) is 11.6. The summed E-state index contributed by atoms with van der Waals surface area (Å²) in [4.78, 5) is 4.51. The standard InChI is InChI=1S/C16H27N3O4S.HI/c1-2-22-10-4-8-17-16(18-9-6-15-5-3-11-23-15)19-14-7-12-24(20,21)13-14;/h3,5,11,14H,2,4,6-10,12-13H2,1H3,(H2,17,18,19);1H. The highest BCUT2D eigenvalue weighted by Gasteiger charge is 2.28. The molecular formula is C16H28IN3O4S. The SMILES string of the molecule is CCOCCCN=C(NCCc1ccco1)NC1CCS(=O)(=O)C1.I. The van der Waals surface area contributed by atoms with Crippen LogP contribution in [-0.4, -0.2) is 58.2 Å². The molecule has 0 radical (unpaired) electrons. The van der Waals surface area contributed by atoms with Crippen LogP contribution in [0, 0.1) is 0 Å². The number of hydrogen-bond acceptors (Lipinski definition) is 5. The van der Waals surface area contributed by atoms with Gasteiger partial charge in [-0.15, -0.1) is 24.0 Å². The number of furan rings is 1. The van der Waals surface area contributed by atoms with Crippen LogP contribution in [0.5, 0.6) is 0 Å². The van der Waals surface area contributed by atoms with Crippen molar-refractivity contribution in [1.82, 2.24) is 10.6 Å². The van der Waals surface area contributed by atoms with Gasteiger partial charge in [0.15, 0.2) is 15.8 Å². The molecule has 0 aromatic carbocycles. The minimum Gasteiger partial charge on any atom is -0.469 e. The molecule has 1 fully saturated rings. The monoisotopic (exact) mass is 485 g/mol. The second-order valence-corrected chi connectivity index (χ2v) is 8.01. The summed E-state index contributed by atoms with van der Waals surface area (Å²) in [5, 5.41) is 6.48. The molecule has 1 aromatic heterocycles. The van der Waals surface area contributed by atoms with E-state index < -0.39 is 9.84 Å². The van der Waals surface area contributed by atoms with Crippen molar-refractivity contribution in [2.75, 3.05) is 37.8 Å². The normalized spacial score (nSPS) is 19.4. The molecule has 0 spiro atoms. The van der Waals surface area contributed by atoms with Crippen LogP contribution in [-0.2, 0) is 21.0 Å². The van der Waals surface area contributed by atoms with Crippen LogP contribution >= 0.6 is 24.0 Å². The topological polar surface area (TPSA) is 92.9 Å². The molecule has 2 rings (SSSR count). The summed E-state index contributed by atoms with van der Waals surface area (Å²) < 4.78 is 33.8. The van der Waals surface area contributed by atoms with Crippen molar-refractivity contribution in [3.63, 3.8) is 0 Å². The minimum absolute atomic E-state index is 0. The fourth-order valence-corrected chi connectivity index (χ4v) is 4.19. The van der Waals surface area contributed by atoms with E-state index >= 15 is 0 Å². The largest absolute Gasteiger partial charge is 0.469 e. The average Bonchev–Trinajstić information content (AvgIpc) is 3.16. The summed E-state index contributed by atoms with van der Waals surface area (Å²) in [6.07, 6.45) is 3.86. The van der Waals surface area contributed by atoms with E-state index in [1.165, 1.54) is 0 Å². The zero-order valence-corrected chi connectivity index (χ0v) is 17.7. The summed E-state index contributed by atoms with van der Waals surface area (Å²) in [5.74, 6) is 1.97. The van der Waals surface area contributed by atoms with Gasteiger partial charge in [-0.2, -0.15) is 0 Å². The van der Waals surface area contributed by atoms with E-state index in [1.54, 1.807) is 6.26 Å². The Morgan fingerprint density at radius 3 is 2.96 bits per heavy atom. The molecule has 25 heavy (non-hydrogen) atoms. The molecule has 9 heteroatoms. The van der Waals surface area contributed by atoms with Crippen molar-refractivity contribution >= 4 is 39.8 Å². The number of guanidine groups is 1. The van der Waals surface area contributed by atoms with Crippen molar-refractivity contribution in [3.8, 4) is 0 Å². The number of rotatable bonds is 9. The van der Waals surface area contributed by atoms with Gasteiger partial charge in [-0.05, 0) is 31.9 Å². The van der Waals surface area contributed by atoms with E-state index in [4.69, 9.17) is 9.15 Å².